The summed E-state index contributed by atoms with van der Waals surface area (Å²) >= 11 is 0. The maximum atomic E-state index is 5.86. The van der Waals surface area contributed by atoms with Gasteiger partial charge in [0.15, 0.2) is 0 Å². The molecule has 0 radical (unpaired) electrons. The Morgan fingerprint density at radius 1 is 1.22 bits per heavy atom. The summed E-state index contributed by atoms with van der Waals surface area (Å²) in [6, 6.07) is 3.02. The van der Waals surface area contributed by atoms with Gasteiger partial charge in [0.25, 0.3) is 0 Å². The molecule has 0 saturated carbocycles. The minimum Gasteiger partial charge on any atom is -0.378 e. The quantitative estimate of drug-likeness (QED) is 0.786. The molecule has 2 rings (SSSR count). The van der Waals surface area contributed by atoms with Crippen molar-refractivity contribution < 1.29 is 4.74 Å². The third-order valence-corrected chi connectivity index (χ3v) is 4.07. The van der Waals surface area contributed by atoms with Crippen LogP contribution in [0.15, 0.2) is 6.07 Å². The minimum absolute atomic E-state index is 0.307. The van der Waals surface area contributed by atoms with Gasteiger partial charge in [-0.05, 0) is 27.7 Å². The van der Waals surface area contributed by atoms with Gasteiger partial charge >= 0.3 is 0 Å². The molecule has 1 aromatic rings. The van der Waals surface area contributed by atoms with Crippen LogP contribution in [0.3, 0.4) is 0 Å². The third kappa shape index (κ3) is 5.21. The molecule has 1 aliphatic heterocycles. The van der Waals surface area contributed by atoms with Crippen molar-refractivity contribution >= 4 is 17.6 Å². The van der Waals surface area contributed by atoms with E-state index in [1.54, 1.807) is 0 Å². The van der Waals surface area contributed by atoms with Gasteiger partial charge in [0, 0.05) is 44.3 Å². The van der Waals surface area contributed by atoms with Crippen molar-refractivity contribution in [2.75, 3.05) is 55.3 Å². The fourth-order valence-corrected chi connectivity index (χ4v) is 2.92. The molecule has 0 aromatic carbocycles. The molecule has 0 amide bonds. The Bertz CT molecular complexity index is 479. The summed E-state index contributed by atoms with van der Waals surface area (Å²) in [5.41, 5.74) is 5.86. The van der Waals surface area contributed by atoms with Crippen LogP contribution >= 0.6 is 0 Å². The highest BCUT2D eigenvalue weighted by Gasteiger charge is 2.15. The van der Waals surface area contributed by atoms with Gasteiger partial charge in [-0.3, -0.25) is 4.90 Å². The molecule has 0 unspecified atom stereocenters. The maximum Gasteiger partial charge on any atom is 0.223 e. The van der Waals surface area contributed by atoms with Gasteiger partial charge < -0.3 is 20.7 Å². The number of hydrogen-bond donors (Lipinski definition) is 2. The minimum atomic E-state index is 0.307. The molecular formula is C16H30N6O. The highest BCUT2D eigenvalue weighted by molar-refractivity contribution is 5.52. The molecule has 0 bridgehead atoms. The van der Waals surface area contributed by atoms with Gasteiger partial charge in [0.2, 0.25) is 5.95 Å². The highest BCUT2D eigenvalue weighted by atomic mass is 16.5. The molecule has 3 N–H and O–H groups in total. The average Bonchev–Trinajstić information content (AvgIpc) is 2.51. The van der Waals surface area contributed by atoms with E-state index in [-0.39, 0.29) is 0 Å². The van der Waals surface area contributed by atoms with Crippen LogP contribution in [0.25, 0.3) is 0 Å². The second-order valence-corrected chi connectivity index (χ2v) is 6.42. The Labute approximate surface area is 139 Å². The zero-order valence-electron chi connectivity index (χ0n) is 14.7. The van der Waals surface area contributed by atoms with Crippen LogP contribution in [0.2, 0.25) is 0 Å². The first-order chi connectivity index (χ1) is 11.0. The highest BCUT2D eigenvalue weighted by Crippen LogP contribution is 2.18. The fraction of sp³-hybridized carbons (Fsp3) is 0.750. The van der Waals surface area contributed by atoms with Crippen LogP contribution < -0.4 is 16.0 Å². The molecule has 130 valence electrons. The van der Waals surface area contributed by atoms with Crippen molar-refractivity contribution in [2.45, 2.75) is 39.8 Å². The van der Waals surface area contributed by atoms with E-state index in [2.05, 4.69) is 52.8 Å². The van der Waals surface area contributed by atoms with E-state index in [4.69, 9.17) is 10.5 Å². The topological polar surface area (TPSA) is 79.5 Å². The summed E-state index contributed by atoms with van der Waals surface area (Å²) < 4.78 is 5.38. The third-order valence-electron chi connectivity index (χ3n) is 4.07. The van der Waals surface area contributed by atoms with Gasteiger partial charge in [-0.25, -0.2) is 0 Å². The van der Waals surface area contributed by atoms with Gasteiger partial charge in [0.1, 0.15) is 11.6 Å². The molecule has 0 atom stereocenters. The SMILES string of the molecule is CC(C)N(CCNc1cc(N2CCOCC2)nc(N)n1)C(C)C. The van der Waals surface area contributed by atoms with E-state index < -0.39 is 0 Å². The Kier molecular flexibility index (Phi) is 6.41. The van der Waals surface area contributed by atoms with Crippen LogP contribution in [0.4, 0.5) is 17.6 Å². The molecule has 1 fully saturated rings. The summed E-state index contributed by atoms with van der Waals surface area (Å²) in [6.45, 7) is 13.8. The molecule has 7 heteroatoms. The lowest BCUT2D eigenvalue weighted by atomic mass is 10.2. The largest absolute Gasteiger partial charge is 0.378 e. The van der Waals surface area contributed by atoms with Crippen molar-refractivity contribution in [2.24, 2.45) is 0 Å². The van der Waals surface area contributed by atoms with Crippen LogP contribution in [0.1, 0.15) is 27.7 Å². The molecule has 1 saturated heterocycles. The van der Waals surface area contributed by atoms with Gasteiger partial charge in [-0.1, -0.05) is 0 Å². The van der Waals surface area contributed by atoms with E-state index in [1.165, 1.54) is 0 Å². The number of hydrogen-bond acceptors (Lipinski definition) is 7. The number of nitrogen functional groups attached to an aromatic ring is 1. The zero-order chi connectivity index (χ0) is 16.8. The lowest BCUT2D eigenvalue weighted by molar-refractivity contribution is 0.122. The summed E-state index contributed by atoms with van der Waals surface area (Å²) in [4.78, 5) is 13.3. The standard InChI is InChI=1S/C16H30N6O/c1-12(2)22(13(3)4)6-5-18-14-11-15(20-16(17)19-14)21-7-9-23-10-8-21/h11-13H,5-10H2,1-4H3,(H3,17,18,19,20). The van der Waals surface area contributed by atoms with E-state index in [0.717, 1.165) is 51.0 Å². The summed E-state index contributed by atoms with van der Waals surface area (Å²) in [5.74, 6) is 1.96. The maximum absolute atomic E-state index is 5.86. The van der Waals surface area contributed by atoms with E-state index >= 15 is 0 Å². The van der Waals surface area contributed by atoms with Crippen molar-refractivity contribution in [3.8, 4) is 0 Å². The fourth-order valence-electron chi connectivity index (χ4n) is 2.92. The van der Waals surface area contributed by atoms with Crippen LogP contribution in [-0.2, 0) is 4.74 Å². The van der Waals surface area contributed by atoms with Gasteiger partial charge in [-0.15, -0.1) is 0 Å². The number of morpholine rings is 1. The second kappa shape index (κ2) is 8.31. The number of ether oxygens (including phenoxy) is 1. The number of nitrogens with two attached hydrogens (primary N) is 1. The molecule has 7 nitrogen and oxygen atoms in total. The number of rotatable bonds is 7. The molecular weight excluding hydrogens is 292 g/mol. The normalized spacial score (nSPS) is 15.7. The predicted octanol–water partition coefficient (Wildman–Crippen LogP) is 1.43. The van der Waals surface area contributed by atoms with Crippen LogP contribution in [0, 0.1) is 0 Å². The van der Waals surface area contributed by atoms with Crippen molar-refractivity contribution in [1.82, 2.24) is 14.9 Å². The molecule has 1 aromatic heterocycles. The van der Waals surface area contributed by atoms with Crippen molar-refractivity contribution in [3.05, 3.63) is 6.07 Å². The number of aromatic nitrogens is 2. The smallest absolute Gasteiger partial charge is 0.223 e. The predicted molar refractivity (Wildman–Crippen MR) is 94.9 cm³/mol. The lowest BCUT2D eigenvalue weighted by Gasteiger charge is -2.30. The van der Waals surface area contributed by atoms with Crippen LogP contribution in [0.5, 0.6) is 0 Å². The second-order valence-electron chi connectivity index (χ2n) is 6.42. The van der Waals surface area contributed by atoms with Crippen LogP contribution in [-0.4, -0.2) is 66.3 Å². The molecule has 2 heterocycles. The average molecular weight is 322 g/mol. The number of nitrogens with zero attached hydrogens (tertiary/aromatic N) is 4. The summed E-state index contributed by atoms with van der Waals surface area (Å²) in [5, 5.41) is 3.37. The van der Waals surface area contributed by atoms with Crippen molar-refractivity contribution in [1.29, 1.82) is 0 Å². The Morgan fingerprint density at radius 2 is 1.87 bits per heavy atom. The van der Waals surface area contributed by atoms with Crippen molar-refractivity contribution in [3.63, 3.8) is 0 Å². The lowest BCUT2D eigenvalue weighted by Crippen LogP contribution is -2.40. The van der Waals surface area contributed by atoms with E-state index in [0.29, 0.717) is 18.0 Å². The van der Waals surface area contributed by atoms with Gasteiger partial charge in [-0.2, -0.15) is 9.97 Å². The molecule has 0 aliphatic carbocycles. The molecule has 1 aliphatic rings. The summed E-state index contributed by atoms with van der Waals surface area (Å²) in [7, 11) is 0. The van der Waals surface area contributed by atoms with E-state index in [9.17, 15) is 0 Å². The Morgan fingerprint density at radius 3 is 2.48 bits per heavy atom. The Balaban J connectivity index is 1.95. The summed E-state index contributed by atoms with van der Waals surface area (Å²) in [6.07, 6.45) is 0. The zero-order valence-corrected chi connectivity index (χ0v) is 14.7. The van der Waals surface area contributed by atoms with E-state index in [1.807, 2.05) is 6.07 Å². The molecule has 0 spiro atoms. The first kappa shape index (κ1) is 17.7. The number of anilines is 3. The van der Waals surface area contributed by atoms with Gasteiger partial charge in [0.05, 0.1) is 13.2 Å². The molecule has 23 heavy (non-hydrogen) atoms. The Hall–Kier alpha value is -1.60. The first-order valence-electron chi connectivity index (χ1n) is 8.44. The first-order valence-corrected chi connectivity index (χ1v) is 8.44. The monoisotopic (exact) mass is 322 g/mol. The number of nitrogens with one attached hydrogen (secondary N) is 1.